The Morgan fingerprint density at radius 1 is 1.33 bits per heavy atom. The van der Waals surface area contributed by atoms with E-state index in [1.807, 2.05) is 0 Å². The Morgan fingerprint density at radius 2 is 2.10 bits per heavy atom. The molecule has 118 valence electrons. The Balaban J connectivity index is 2.08. The molecule has 0 spiro atoms. The van der Waals surface area contributed by atoms with Crippen molar-refractivity contribution in [1.29, 1.82) is 0 Å². The zero-order valence-corrected chi connectivity index (χ0v) is 14.4. The first-order valence-electron chi connectivity index (χ1n) is 6.91. The van der Waals surface area contributed by atoms with Gasteiger partial charge in [0.15, 0.2) is 0 Å². The van der Waals surface area contributed by atoms with E-state index in [0.717, 1.165) is 12.8 Å². The molecule has 0 aliphatic carbocycles. The maximum Gasteiger partial charge on any atom is 0.244 e. The van der Waals surface area contributed by atoms with Crippen LogP contribution in [0.4, 0.5) is 0 Å². The topological polar surface area (TPSA) is 55.8 Å². The van der Waals surface area contributed by atoms with Gasteiger partial charge in [-0.1, -0.05) is 12.1 Å². The summed E-state index contributed by atoms with van der Waals surface area (Å²) in [6, 6.07) is 6.89. The van der Waals surface area contributed by atoms with E-state index in [-0.39, 0.29) is 6.10 Å². The molecule has 1 heterocycles. The maximum absolute atomic E-state index is 12.7. The van der Waals surface area contributed by atoms with Crippen LogP contribution >= 0.6 is 15.9 Å². The highest BCUT2D eigenvalue weighted by Gasteiger charge is 2.31. The fraction of sp³-hybridized carbons (Fsp3) is 0.571. The molecule has 7 heteroatoms. The minimum atomic E-state index is -3.48. The molecule has 0 aromatic heterocycles. The molecule has 1 aliphatic rings. The van der Waals surface area contributed by atoms with E-state index in [2.05, 4.69) is 15.9 Å². The third-order valence-electron chi connectivity index (χ3n) is 3.44. The van der Waals surface area contributed by atoms with Gasteiger partial charge in [0, 0.05) is 24.7 Å². The highest BCUT2D eigenvalue weighted by atomic mass is 79.9. The van der Waals surface area contributed by atoms with E-state index >= 15 is 0 Å². The van der Waals surface area contributed by atoms with E-state index in [1.165, 1.54) is 4.31 Å². The van der Waals surface area contributed by atoms with Crippen LogP contribution in [-0.4, -0.2) is 52.2 Å². The quantitative estimate of drug-likeness (QED) is 0.713. The number of ether oxygens (including phenoxy) is 2. The van der Waals surface area contributed by atoms with Crippen molar-refractivity contribution >= 4 is 26.0 Å². The van der Waals surface area contributed by atoms with Crippen molar-refractivity contribution in [2.75, 3.05) is 33.4 Å². The average molecular weight is 378 g/mol. The zero-order chi connectivity index (χ0) is 15.3. The summed E-state index contributed by atoms with van der Waals surface area (Å²) in [6.07, 6.45) is 1.62. The summed E-state index contributed by atoms with van der Waals surface area (Å²) >= 11 is 3.31. The van der Waals surface area contributed by atoms with E-state index in [4.69, 9.17) is 9.47 Å². The smallest absolute Gasteiger partial charge is 0.244 e. The molecular weight excluding hydrogens is 358 g/mol. The first-order chi connectivity index (χ1) is 10.1. The Labute approximate surface area is 134 Å². The van der Waals surface area contributed by atoms with Crippen LogP contribution in [0.2, 0.25) is 0 Å². The molecule has 1 aliphatic heterocycles. The monoisotopic (exact) mass is 377 g/mol. The van der Waals surface area contributed by atoms with Crippen LogP contribution < -0.4 is 0 Å². The van der Waals surface area contributed by atoms with Crippen LogP contribution in [0.5, 0.6) is 0 Å². The number of halogens is 1. The second-order valence-corrected chi connectivity index (χ2v) is 7.68. The fourth-order valence-electron chi connectivity index (χ4n) is 2.35. The number of sulfonamides is 1. The summed E-state index contributed by atoms with van der Waals surface area (Å²) in [5.41, 5.74) is 0. The third kappa shape index (κ3) is 4.26. The molecule has 1 saturated heterocycles. The lowest BCUT2D eigenvalue weighted by atomic mass is 10.1. The normalized spacial score (nSPS) is 20.6. The van der Waals surface area contributed by atoms with Gasteiger partial charge in [-0.25, -0.2) is 8.42 Å². The van der Waals surface area contributed by atoms with Crippen molar-refractivity contribution in [2.45, 2.75) is 23.8 Å². The van der Waals surface area contributed by atoms with E-state index in [1.54, 1.807) is 31.4 Å². The summed E-state index contributed by atoms with van der Waals surface area (Å²) in [6.45, 7) is 1.94. The van der Waals surface area contributed by atoms with Crippen LogP contribution in [0.25, 0.3) is 0 Å². The molecular formula is C14H20BrNO4S. The number of benzene rings is 1. The van der Waals surface area contributed by atoms with Gasteiger partial charge >= 0.3 is 0 Å². The lowest BCUT2D eigenvalue weighted by molar-refractivity contribution is -0.00652. The van der Waals surface area contributed by atoms with Gasteiger partial charge < -0.3 is 9.47 Å². The number of nitrogens with zero attached hydrogens (tertiary/aromatic N) is 1. The first kappa shape index (κ1) is 16.9. The van der Waals surface area contributed by atoms with Gasteiger partial charge in [0.05, 0.1) is 24.2 Å². The van der Waals surface area contributed by atoms with Gasteiger partial charge in [0.25, 0.3) is 0 Å². The highest BCUT2D eigenvalue weighted by molar-refractivity contribution is 9.10. The molecule has 1 aromatic carbocycles. The summed E-state index contributed by atoms with van der Waals surface area (Å²) in [5, 5.41) is 0. The predicted octanol–water partition coefficient (Wildman–Crippen LogP) is 2.27. The second kappa shape index (κ2) is 7.69. The molecule has 21 heavy (non-hydrogen) atoms. The first-order valence-corrected chi connectivity index (χ1v) is 9.14. The average Bonchev–Trinajstić information content (AvgIpc) is 2.48. The van der Waals surface area contributed by atoms with Gasteiger partial charge in [-0.15, -0.1) is 0 Å². The molecule has 0 radical (unpaired) electrons. The van der Waals surface area contributed by atoms with Crippen LogP contribution in [0, 0.1) is 0 Å². The number of hydrogen-bond acceptors (Lipinski definition) is 4. The largest absolute Gasteiger partial charge is 0.382 e. The Hall–Kier alpha value is -0.470. The van der Waals surface area contributed by atoms with Crippen molar-refractivity contribution in [3.63, 3.8) is 0 Å². The lowest BCUT2D eigenvalue weighted by Crippen LogP contribution is -2.43. The van der Waals surface area contributed by atoms with E-state index in [0.29, 0.717) is 35.7 Å². The third-order valence-corrected chi connectivity index (χ3v) is 6.31. The summed E-state index contributed by atoms with van der Waals surface area (Å²) in [5.74, 6) is 0. The van der Waals surface area contributed by atoms with Gasteiger partial charge in [0.1, 0.15) is 0 Å². The molecule has 2 rings (SSSR count). The number of piperidine rings is 1. The lowest BCUT2D eigenvalue weighted by Gasteiger charge is -2.32. The van der Waals surface area contributed by atoms with Crippen molar-refractivity contribution < 1.29 is 17.9 Å². The van der Waals surface area contributed by atoms with E-state index < -0.39 is 10.0 Å². The Bertz CT molecular complexity index is 564. The number of methoxy groups -OCH3 is 1. The summed E-state index contributed by atoms with van der Waals surface area (Å²) in [7, 11) is -1.86. The van der Waals surface area contributed by atoms with Crippen LogP contribution in [0.3, 0.4) is 0 Å². The predicted molar refractivity (Wildman–Crippen MR) is 83.8 cm³/mol. The molecule has 1 fully saturated rings. The van der Waals surface area contributed by atoms with Crippen LogP contribution in [0.15, 0.2) is 33.6 Å². The van der Waals surface area contributed by atoms with Gasteiger partial charge in [-0.3, -0.25) is 0 Å². The summed E-state index contributed by atoms with van der Waals surface area (Å²) in [4.78, 5) is 0.308. The molecule has 0 bridgehead atoms. The second-order valence-electron chi connectivity index (χ2n) is 4.92. The highest BCUT2D eigenvalue weighted by Crippen LogP contribution is 2.27. The standard InChI is InChI=1S/C14H20BrNO4S/c1-19-9-10-20-12-5-4-8-16(11-12)21(17,18)14-7-3-2-6-13(14)15/h2-3,6-7,12H,4-5,8-11H2,1H3. The van der Waals surface area contributed by atoms with Gasteiger partial charge in [-0.2, -0.15) is 4.31 Å². The van der Waals surface area contributed by atoms with Crippen LogP contribution in [0.1, 0.15) is 12.8 Å². The molecule has 0 N–H and O–H groups in total. The Morgan fingerprint density at radius 3 is 2.81 bits per heavy atom. The van der Waals surface area contributed by atoms with Crippen molar-refractivity contribution in [1.82, 2.24) is 4.31 Å². The number of rotatable bonds is 6. The fourth-order valence-corrected chi connectivity index (χ4v) is 4.82. The zero-order valence-electron chi connectivity index (χ0n) is 12.0. The van der Waals surface area contributed by atoms with Crippen molar-refractivity contribution in [2.24, 2.45) is 0 Å². The molecule has 1 atom stereocenters. The molecule has 1 unspecified atom stereocenters. The van der Waals surface area contributed by atoms with Gasteiger partial charge in [-0.05, 0) is 40.9 Å². The minimum Gasteiger partial charge on any atom is -0.382 e. The minimum absolute atomic E-state index is 0.0637. The van der Waals surface area contributed by atoms with Crippen LogP contribution in [-0.2, 0) is 19.5 Å². The SMILES string of the molecule is COCCOC1CCCN(S(=O)(=O)c2ccccc2Br)C1. The summed E-state index contributed by atoms with van der Waals surface area (Å²) < 4.78 is 38.1. The maximum atomic E-state index is 12.7. The molecule has 5 nitrogen and oxygen atoms in total. The number of hydrogen-bond donors (Lipinski definition) is 0. The van der Waals surface area contributed by atoms with Crippen molar-refractivity contribution in [3.05, 3.63) is 28.7 Å². The Kier molecular flexibility index (Phi) is 6.19. The van der Waals surface area contributed by atoms with Gasteiger partial charge in [0.2, 0.25) is 10.0 Å². The van der Waals surface area contributed by atoms with Crippen molar-refractivity contribution in [3.8, 4) is 0 Å². The molecule has 1 aromatic rings. The molecule has 0 amide bonds. The van der Waals surface area contributed by atoms with E-state index in [9.17, 15) is 8.42 Å². The molecule has 0 saturated carbocycles.